The zero-order chi connectivity index (χ0) is 20.6. The van der Waals surface area contributed by atoms with Crippen molar-refractivity contribution in [2.75, 3.05) is 6.61 Å². The normalized spacial score (nSPS) is 28.3. The number of nitro groups is 1. The Hall–Kier alpha value is -2.86. The van der Waals surface area contributed by atoms with E-state index in [1.807, 2.05) is 0 Å². The SMILES string of the molecule is C[C@@]1(COC(N)=O)SC2[C@H](N)C(=O)N2[C@H]1C(=O)OCc1ccc([N+](=O)[O-])cc1. The molecule has 0 bridgehead atoms. The number of nitrogens with zero attached hydrogens (tertiary/aromatic N) is 2. The molecular formula is C16H18N4O7S. The van der Waals surface area contributed by atoms with Gasteiger partial charge >= 0.3 is 12.1 Å². The zero-order valence-corrected chi connectivity index (χ0v) is 15.6. The number of non-ortho nitro benzene ring substituents is 1. The first kappa shape index (κ1) is 19.9. The molecule has 4 atom stereocenters. The predicted molar refractivity (Wildman–Crippen MR) is 96.8 cm³/mol. The number of amides is 2. The van der Waals surface area contributed by atoms with Gasteiger partial charge in [-0.25, -0.2) is 9.59 Å². The number of β-lactam (4-membered cyclic amide) rings is 1. The summed E-state index contributed by atoms with van der Waals surface area (Å²) in [6.45, 7) is 1.33. The number of carbonyl (C=O) groups excluding carboxylic acids is 3. The highest BCUT2D eigenvalue weighted by molar-refractivity contribution is 8.01. The van der Waals surface area contributed by atoms with Gasteiger partial charge in [0.15, 0.2) is 0 Å². The molecule has 0 aromatic heterocycles. The molecule has 150 valence electrons. The van der Waals surface area contributed by atoms with Gasteiger partial charge in [-0.1, -0.05) is 0 Å². The molecule has 1 aromatic carbocycles. The van der Waals surface area contributed by atoms with Crippen LogP contribution in [0.2, 0.25) is 0 Å². The smallest absolute Gasteiger partial charge is 0.404 e. The van der Waals surface area contributed by atoms with Crippen molar-refractivity contribution in [1.82, 2.24) is 4.90 Å². The van der Waals surface area contributed by atoms with Crippen LogP contribution < -0.4 is 11.5 Å². The lowest BCUT2D eigenvalue weighted by Gasteiger charge is -2.42. The molecule has 2 saturated heterocycles. The van der Waals surface area contributed by atoms with E-state index in [0.29, 0.717) is 5.56 Å². The van der Waals surface area contributed by atoms with E-state index in [-0.39, 0.29) is 18.9 Å². The van der Waals surface area contributed by atoms with E-state index in [4.69, 9.17) is 20.9 Å². The highest BCUT2D eigenvalue weighted by Gasteiger charge is 2.65. The van der Waals surface area contributed by atoms with Crippen molar-refractivity contribution in [3.63, 3.8) is 0 Å². The fourth-order valence-corrected chi connectivity index (χ4v) is 4.81. The van der Waals surface area contributed by atoms with Crippen molar-refractivity contribution in [1.29, 1.82) is 0 Å². The molecule has 2 heterocycles. The van der Waals surface area contributed by atoms with E-state index >= 15 is 0 Å². The minimum Gasteiger partial charge on any atom is -0.459 e. The summed E-state index contributed by atoms with van der Waals surface area (Å²) in [7, 11) is 0. The van der Waals surface area contributed by atoms with Gasteiger partial charge in [0.05, 0.1) is 9.67 Å². The Morgan fingerprint density at radius 2 is 1.96 bits per heavy atom. The molecule has 0 spiro atoms. The molecule has 0 saturated carbocycles. The Bertz CT molecular complexity index is 833. The summed E-state index contributed by atoms with van der Waals surface area (Å²) in [4.78, 5) is 47.4. The second kappa shape index (κ2) is 7.28. The minimum absolute atomic E-state index is 0.0820. The molecule has 2 aliphatic heterocycles. The minimum atomic E-state index is -1.01. The Balaban J connectivity index is 1.72. The van der Waals surface area contributed by atoms with E-state index in [2.05, 4.69) is 0 Å². The van der Waals surface area contributed by atoms with Crippen LogP contribution in [0, 0.1) is 10.1 Å². The van der Waals surface area contributed by atoms with Crippen molar-refractivity contribution in [2.45, 2.75) is 35.7 Å². The van der Waals surface area contributed by atoms with Crippen LogP contribution in [-0.4, -0.2) is 56.6 Å². The summed E-state index contributed by atoms with van der Waals surface area (Å²) in [5.41, 5.74) is 11.3. The number of primary amides is 1. The van der Waals surface area contributed by atoms with Gasteiger partial charge in [0, 0.05) is 12.1 Å². The first-order valence-electron chi connectivity index (χ1n) is 8.22. The monoisotopic (exact) mass is 410 g/mol. The second-order valence-electron chi connectivity index (χ2n) is 6.63. The van der Waals surface area contributed by atoms with Crippen LogP contribution in [0.15, 0.2) is 24.3 Å². The Labute approximate surface area is 163 Å². The van der Waals surface area contributed by atoms with Crippen LogP contribution in [0.25, 0.3) is 0 Å². The Morgan fingerprint density at radius 1 is 1.32 bits per heavy atom. The van der Waals surface area contributed by atoms with Gasteiger partial charge in [-0.2, -0.15) is 0 Å². The number of hydrogen-bond donors (Lipinski definition) is 2. The standard InChI is InChI=1S/C16H18N4O7S/c1-16(7-27-15(18)23)11(19-12(21)10(17)13(19)28-16)14(22)26-6-8-2-4-9(5-3-8)20(24)25/h2-5,10-11,13H,6-7,17H2,1H3,(H2,18,23)/t10-,11+,13?,16+/m1/s1. The van der Waals surface area contributed by atoms with Crippen LogP contribution in [0.3, 0.4) is 0 Å². The summed E-state index contributed by atoms with van der Waals surface area (Å²) in [6.07, 6.45) is -0.996. The third kappa shape index (κ3) is 3.47. The first-order chi connectivity index (χ1) is 13.1. The summed E-state index contributed by atoms with van der Waals surface area (Å²) in [5.74, 6) is -1.08. The average molecular weight is 410 g/mol. The third-order valence-corrected chi connectivity index (χ3v) is 6.26. The number of ether oxygens (including phenoxy) is 2. The van der Waals surface area contributed by atoms with Crippen molar-refractivity contribution in [2.24, 2.45) is 11.5 Å². The van der Waals surface area contributed by atoms with Crippen molar-refractivity contribution in [3.05, 3.63) is 39.9 Å². The number of benzene rings is 1. The topological polar surface area (TPSA) is 168 Å². The van der Waals surface area contributed by atoms with Gasteiger partial charge in [-0.3, -0.25) is 14.9 Å². The van der Waals surface area contributed by atoms with E-state index in [1.54, 1.807) is 6.92 Å². The van der Waals surface area contributed by atoms with Gasteiger partial charge in [0.1, 0.15) is 30.7 Å². The van der Waals surface area contributed by atoms with Gasteiger partial charge < -0.3 is 25.8 Å². The maximum absolute atomic E-state index is 12.7. The van der Waals surface area contributed by atoms with Gasteiger partial charge in [0.25, 0.3) is 5.69 Å². The van der Waals surface area contributed by atoms with Crippen LogP contribution >= 0.6 is 11.8 Å². The molecule has 12 heteroatoms. The molecule has 28 heavy (non-hydrogen) atoms. The maximum atomic E-state index is 12.7. The lowest BCUT2D eigenvalue weighted by molar-refractivity contribution is -0.384. The van der Waals surface area contributed by atoms with Crippen LogP contribution in [0.4, 0.5) is 10.5 Å². The maximum Gasteiger partial charge on any atom is 0.404 e. The van der Waals surface area contributed by atoms with Gasteiger partial charge in [-0.15, -0.1) is 11.8 Å². The van der Waals surface area contributed by atoms with Crippen molar-refractivity contribution >= 4 is 35.4 Å². The fraction of sp³-hybridized carbons (Fsp3) is 0.438. The lowest BCUT2D eigenvalue weighted by atomic mass is 9.95. The Morgan fingerprint density at radius 3 is 2.54 bits per heavy atom. The largest absolute Gasteiger partial charge is 0.459 e. The third-order valence-electron chi connectivity index (χ3n) is 4.62. The second-order valence-corrected chi connectivity index (χ2v) is 8.29. The van der Waals surface area contributed by atoms with Gasteiger partial charge in [0.2, 0.25) is 5.91 Å². The average Bonchev–Trinajstić information content (AvgIpc) is 2.95. The predicted octanol–water partition coefficient (Wildman–Crippen LogP) is 0.103. The number of esters is 1. The molecular weight excluding hydrogens is 392 g/mol. The number of fused-ring (bicyclic) bond motifs is 1. The van der Waals surface area contributed by atoms with Crippen LogP contribution in [0.1, 0.15) is 12.5 Å². The van der Waals surface area contributed by atoms with E-state index in [1.165, 1.54) is 40.9 Å². The molecule has 3 rings (SSSR count). The highest BCUT2D eigenvalue weighted by atomic mass is 32.2. The first-order valence-corrected chi connectivity index (χ1v) is 9.10. The molecule has 2 aliphatic rings. The van der Waals surface area contributed by atoms with Crippen molar-refractivity contribution in [3.8, 4) is 0 Å². The summed E-state index contributed by atoms with van der Waals surface area (Å²) in [5, 5.41) is 10.3. The lowest BCUT2D eigenvalue weighted by Crippen LogP contribution is -2.69. The quantitative estimate of drug-likeness (QED) is 0.286. The molecule has 1 aromatic rings. The number of nitro benzene ring substituents is 1. The summed E-state index contributed by atoms with van der Waals surface area (Å²) in [6, 6.07) is 3.79. The molecule has 1 unspecified atom stereocenters. The van der Waals surface area contributed by atoms with E-state index < -0.39 is 45.1 Å². The number of nitrogens with two attached hydrogens (primary N) is 2. The fourth-order valence-electron chi connectivity index (χ4n) is 3.19. The summed E-state index contributed by atoms with van der Waals surface area (Å²) >= 11 is 1.25. The van der Waals surface area contributed by atoms with E-state index in [9.17, 15) is 24.5 Å². The van der Waals surface area contributed by atoms with Crippen LogP contribution in [-0.2, 0) is 25.7 Å². The molecule has 4 N–H and O–H groups in total. The highest BCUT2D eigenvalue weighted by Crippen LogP contribution is 2.51. The van der Waals surface area contributed by atoms with Gasteiger partial charge in [-0.05, 0) is 24.6 Å². The van der Waals surface area contributed by atoms with Crippen LogP contribution in [0.5, 0.6) is 0 Å². The molecule has 0 aliphatic carbocycles. The van der Waals surface area contributed by atoms with E-state index in [0.717, 1.165) is 0 Å². The number of rotatable bonds is 6. The summed E-state index contributed by atoms with van der Waals surface area (Å²) < 4.78 is 9.22. The zero-order valence-electron chi connectivity index (χ0n) is 14.8. The Kier molecular flexibility index (Phi) is 5.17. The number of hydrogen-bond acceptors (Lipinski definition) is 9. The molecule has 2 fully saturated rings. The molecule has 0 radical (unpaired) electrons. The molecule has 11 nitrogen and oxygen atoms in total. The number of carbonyl (C=O) groups is 3. The van der Waals surface area contributed by atoms with Crippen molar-refractivity contribution < 1.29 is 28.8 Å². The number of thioether (sulfide) groups is 1. The molecule has 2 amide bonds.